The number of aromatic nitrogens is 2. The van der Waals surface area contributed by atoms with E-state index in [1.165, 1.54) is 0 Å². The van der Waals surface area contributed by atoms with Crippen LogP contribution in [0.2, 0.25) is 0 Å². The summed E-state index contributed by atoms with van der Waals surface area (Å²) in [6.45, 7) is 2.87. The van der Waals surface area contributed by atoms with E-state index in [1.54, 1.807) is 18.2 Å². The molecule has 2 heterocycles. The highest BCUT2D eigenvalue weighted by Gasteiger charge is 2.20. The molecule has 6 nitrogen and oxygen atoms in total. The lowest BCUT2D eigenvalue weighted by atomic mass is 9.87. The molecule has 1 fully saturated rings. The van der Waals surface area contributed by atoms with Crippen LogP contribution in [0.25, 0.3) is 28.1 Å². The summed E-state index contributed by atoms with van der Waals surface area (Å²) in [4.78, 5) is 10.9. The van der Waals surface area contributed by atoms with Gasteiger partial charge in [-0.15, -0.1) is 0 Å². The zero-order valence-electron chi connectivity index (χ0n) is 20.8. The normalized spacial score (nSPS) is 16.7. The van der Waals surface area contributed by atoms with Gasteiger partial charge in [0, 0.05) is 18.1 Å². The maximum absolute atomic E-state index is 10.9. The molecular formula is C31H30N2O4. The molecule has 1 aliphatic heterocycles. The van der Waals surface area contributed by atoms with E-state index in [2.05, 4.69) is 30.2 Å². The van der Waals surface area contributed by atoms with E-state index in [1.807, 2.05) is 47.3 Å². The SMILES string of the molecule is CCC(=C(c1ccc(C=CC(=O)O)cc1)c1ccc2c(cnn2C2CCCCO2)c1)c1cccc(O)c1. The number of carbonyl (C=O) groups is 1. The third-order valence-electron chi connectivity index (χ3n) is 6.78. The number of aromatic hydroxyl groups is 1. The van der Waals surface area contributed by atoms with Crippen molar-refractivity contribution in [1.82, 2.24) is 9.78 Å². The Morgan fingerprint density at radius 1 is 1.05 bits per heavy atom. The van der Waals surface area contributed by atoms with Crippen LogP contribution >= 0.6 is 0 Å². The molecule has 1 aromatic heterocycles. The second kappa shape index (κ2) is 10.8. The highest BCUT2D eigenvalue weighted by molar-refractivity contribution is 6.00. The van der Waals surface area contributed by atoms with Crippen molar-refractivity contribution in [2.75, 3.05) is 6.61 Å². The van der Waals surface area contributed by atoms with Crippen molar-refractivity contribution in [3.05, 3.63) is 101 Å². The number of hydrogen-bond acceptors (Lipinski definition) is 4. The van der Waals surface area contributed by atoms with Crippen LogP contribution in [-0.4, -0.2) is 32.6 Å². The van der Waals surface area contributed by atoms with E-state index >= 15 is 0 Å². The van der Waals surface area contributed by atoms with Crippen LogP contribution < -0.4 is 0 Å². The topological polar surface area (TPSA) is 84.6 Å². The molecule has 0 amide bonds. The number of hydrogen-bond donors (Lipinski definition) is 2. The predicted molar refractivity (Wildman–Crippen MR) is 146 cm³/mol. The fraction of sp³-hybridized carbons (Fsp3) is 0.226. The van der Waals surface area contributed by atoms with Crippen LogP contribution in [0.4, 0.5) is 0 Å². The largest absolute Gasteiger partial charge is 0.508 e. The third-order valence-corrected chi connectivity index (χ3v) is 6.78. The number of carboxylic acid groups (broad SMARTS) is 1. The fourth-order valence-electron chi connectivity index (χ4n) is 5.02. The first-order valence-electron chi connectivity index (χ1n) is 12.7. The molecule has 6 heteroatoms. The average Bonchev–Trinajstić information content (AvgIpc) is 3.35. The molecule has 3 aromatic carbocycles. The number of benzene rings is 3. The van der Waals surface area contributed by atoms with E-state index in [0.29, 0.717) is 0 Å². The van der Waals surface area contributed by atoms with Crippen molar-refractivity contribution in [2.45, 2.75) is 38.8 Å². The van der Waals surface area contributed by atoms with Gasteiger partial charge in [0.1, 0.15) is 5.75 Å². The van der Waals surface area contributed by atoms with Gasteiger partial charge in [0.15, 0.2) is 6.23 Å². The first kappa shape index (κ1) is 24.5. The molecule has 37 heavy (non-hydrogen) atoms. The molecule has 1 unspecified atom stereocenters. The predicted octanol–water partition coefficient (Wildman–Crippen LogP) is 6.91. The summed E-state index contributed by atoms with van der Waals surface area (Å²) in [5.41, 5.74) is 7.03. The van der Waals surface area contributed by atoms with Gasteiger partial charge < -0.3 is 14.9 Å². The molecular weight excluding hydrogens is 464 g/mol. The summed E-state index contributed by atoms with van der Waals surface area (Å²) in [5.74, 6) is -0.754. The van der Waals surface area contributed by atoms with Gasteiger partial charge >= 0.3 is 5.97 Å². The van der Waals surface area contributed by atoms with Crippen molar-refractivity contribution in [3.63, 3.8) is 0 Å². The summed E-state index contributed by atoms with van der Waals surface area (Å²) in [6, 6.07) is 21.6. The van der Waals surface area contributed by atoms with Gasteiger partial charge in [-0.1, -0.05) is 49.4 Å². The standard InChI is InChI=1S/C31H30N2O4/c1-2-27(23-6-5-7-26(34)19-23)31(22-12-9-21(10-13-22)11-16-30(35)36)24-14-15-28-25(18-24)20-32-33(28)29-8-3-4-17-37-29/h5-7,9-16,18-20,29,34H,2-4,8,17H2,1H3,(H,35,36). The van der Waals surface area contributed by atoms with Crippen molar-refractivity contribution in [1.29, 1.82) is 0 Å². The number of rotatable bonds is 7. The van der Waals surface area contributed by atoms with Gasteiger partial charge in [-0.2, -0.15) is 5.10 Å². The number of aliphatic carboxylic acids is 1. The van der Waals surface area contributed by atoms with E-state index in [0.717, 1.165) is 82.7 Å². The highest BCUT2D eigenvalue weighted by atomic mass is 16.5. The zero-order valence-corrected chi connectivity index (χ0v) is 20.8. The average molecular weight is 495 g/mol. The molecule has 188 valence electrons. The summed E-state index contributed by atoms with van der Waals surface area (Å²) in [5, 5.41) is 24.8. The molecule has 0 aliphatic carbocycles. The third kappa shape index (κ3) is 5.34. The summed E-state index contributed by atoms with van der Waals surface area (Å²) < 4.78 is 7.96. The van der Waals surface area contributed by atoms with Gasteiger partial charge in [0.05, 0.1) is 11.7 Å². The molecule has 0 spiro atoms. The molecule has 1 aliphatic rings. The van der Waals surface area contributed by atoms with E-state index in [9.17, 15) is 9.90 Å². The Hall–Kier alpha value is -4.16. The Morgan fingerprint density at radius 3 is 2.57 bits per heavy atom. The molecule has 1 saturated heterocycles. The Labute approximate surface area is 216 Å². The molecule has 1 atom stereocenters. The summed E-state index contributed by atoms with van der Waals surface area (Å²) in [6.07, 6.45) is 8.53. The van der Waals surface area contributed by atoms with Gasteiger partial charge in [-0.05, 0) is 89.4 Å². The van der Waals surface area contributed by atoms with Crippen LogP contribution in [0, 0.1) is 0 Å². The zero-order chi connectivity index (χ0) is 25.8. The maximum Gasteiger partial charge on any atom is 0.328 e. The Morgan fingerprint density at radius 2 is 1.86 bits per heavy atom. The van der Waals surface area contributed by atoms with E-state index in [-0.39, 0.29) is 12.0 Å². The van der Waals surface area contributed by atoms with Gasteiger partial charge in [-0.3, -0.25) is 0 Å². The lowest BCUT2D eigenvalue weighted by Crippen LogP contribution is -2.18. The molecule has 0 bridgehead atoms. The second-order valence-electron chi connectivity index (χ2n) is 9.23. The monoisotopic (exact) mass is 494 g/mol. The number of phenolic OH excluding ortho intramolecular Hbond substituents is 1. The molecule has 5 rings (SSSR count). The van der Waals surface area contributed by atoms with E-state index in [4.69, 9.17) is 9.84 Å². The lowest BCUT2D eigenvalue weighted by molar-refractivity contribution is -0.131. The molecule has 0 saturated carbocycles. The molecule has 4 aromatic rings. The highest BCUT2D eigenvalue weighted by Crippen LogP contribution is 2.37. The van der Waals surface area contributed by atoms with Crippen LogP contribution in [0.3, 0.4) is 0 Å². The smallest absolute Gasteiger partial charge is 0.328 e. The second-order valence-corrected chi connectivity index (χ2v) is 9.23. The number of carboxylic acids is 1. The number of allylic oxidation sites excluding steroid dienone is 1. The van der Waals surface area contributed by atoms with Crippen LogP contribution in [0.5, 0.6) is 5.75 Å². The van der Waals surface area contributed by atoms with Crippen LogP contribution in [-0.2, 0) is 9.53 Å². The number of ether oxygens (including phenoxy) is 1. The Kier molecular flexibility index (Phi) is 7.19. The number of phenols is 1. The lowest BCUT2D eigenvalue weighted by Gasteiger charge is -2.23. The Bertz CT molecular complexity index is 1470. The maximum atomic E-state index is 10.9. The van der Waals surface area contributed by atoms with Crippen molar-refractivity contribution in [3.8, 4) is 5.75 Å². The molecule has 0 radical (unpaired) electrons. The minimum atomic E-state index is -0.978. The van der Waals surface area contributed by atoms with Crippen LogP contribution in [0.1, 0.15) is 61.1 Å². The first-order valence-corrected chi connectivity index (χ1v) is 12.7. The van der Waals surface area contributed by atoms with Crippen molar-refractivity contribution < 1.29 is 19.7 Å². The van der Waals surface area contributed by atoms with Gasteiger partial charge in [0.25, 0.3) is 0 Å². The van der Waals surface area contributed by atoms with Gasteiger partial charge in [0.2, 0.25) is 0 Å². The van der Waals surface area contributed by atoms with Crippen molar-refractivity contribution >= 4 is 34.1 Å². The van der Waals surface area contributed by atoms with E-state index < -0.39 is 5.97 Å². The van der Waals surface area contributed by atoms with Gasteiger partial charge in [-0.25, -0.2) is 9.48 Å². The quantitative estimate of drug-likeness (QED) is 0.215. The number of nitrogens with zero attached hydrogens (tertiary/aromatic N) is 2. The first-order chi connectivity index (χ1) is 18.0. The summed E-state index contributed by atoms with van der Waals surface area (Å²) in [7, 11) is 0. The van der Waals surface area contributed by atoms with Crippen LogP contribution in [0.15, 0.2) is 79.0 Å². The minimum Gasteiger partial charge on any atom is -0.508 e. The molecule has 2 N–H and O–H groups in total. The summed E-state index contributed by atoms with van der Waals surface area (Å²) >= 11 is 0. The Balaban J connectivity index is 1.63. The van der Waals surface area contributed by atoms with Crippen molar-refractivity contribution in [2.24, 2.45) is 0 Å². The fourth-order valence-corrected chi connectivity index (χ4v) is 5.02. The number of fused-ring (bicyclic) bond motifs is 1. The minimum absolute atomic E-state index is 0.0305.